The molecule has 6 heteroatoms. The molecule has 3 aromatic carbocycles. The molecule has 0 fully saturated rings. The lowest BCUT2D eigenvalue weighted by Crippen LogP contribution is -2.08. The van der Waals surface area contributed by atoms with E-state index in [1.807, 2.05) is 6.07 Å². The Hall–Kier alpha value is -4.06. The second-order valence-electron chi connectivity index (χ2n) is 6.44. The number of ether oxygens (including phenoxy) is 4. The van der Waals surface area contributed by atoms with Gasteiger partial charge in [-0.15, -0.1) is 0 Å². The molecule has 0 aliphatic rings. The van der Waals surface area contributed by atoms with Gasteiger partial charge < -0.3 is 18.9 Å². The minimum absolute atomic E-state index is 0.199. The summed E-state index contributed by atoms with van der Waals surface area (Å²) < 4.78 is 21.3. The van der Waals surface area contributed by atoms with Gasteiger partial charge in [-0.25, -0.2) is 4.79 Å². The maximum absolute atomic E-state index is 12.5. The third kappa shape index (κ3) is 5.30. The third-order valence-corrected chi connectivity index (χ3v) is 4.47. The van der Waals surface area contributed by atoms with Crippen molar-refractivity contribution in [1.29, 1.82) is 0 Å². The summed E-state index contributed by atoms with van der Waals surface area (Å²) >= 11 is 0. The van der Waals surface area contributed by atoms with Gasteiger partial charge in [0.2, 0.25) is 5.75 Å². The number of hydrogen-bond donors (Lipinski definition) is 0. The normalized spacial score (nSPS) is 10.5. The lowest BCUT2D eigenvalue weighted by Gasteiger charge is -2.12. The Morgan fingerprint density at radius 3 is 1.90 bits per heavy atom. The maximum atomic E-state index is 12.5. The largest absolute Gasteiger partial charge is 0.493 e. The minimum atomic E-state index is -0.457. The van der Waals surface area contributed by atoms with Gasteiger partial charge in [0.1, 0.15) is 5.75 Å². The molecule has 0 saturated carbocycles. The van der Waals surface area contributed by atoms with Gasteiger partial charge in [-0.05, 0) is 60.2 Å². The second-order valence-corrected chi connectivity index (χ2v) is 6.44. The molecule has 31 heavy (non-hydrogen) atoms. The molecule has 0 unspecified atom stereocenters. The molecule has 6 nitrogen and oxygen atoms in total. The number of hydrogen-bond acceptors (Lipinski definition) is 6. The van der Waals surface area contributed by atoms with E-state index in [0.717, 1.165) is 5.56 Å². The molecular formula is C25H22O6. The van der Waals surface area contributed by atoms with Crippen molar-refractivity contribution in [3.8, 4) is 23.0 Å². The number of benzene rings is 3. The molecule has 3 rings (SSSR count). The Kier molecular flexibility index (Phi) is 7.06. The Morgan fingerprint density at radius 1 is 0.742 bits per heavy atom. The monoisotopic (exact) mass is 418 g/mol. The number of ketones is 1. The Bertz CT molecular complexity index is 1060. The number of esters is 1. The van der Waals surface area contributed by atoms with Gasteiger partial charge in [0.05, 0.1) is 26.9 Å². The van der Waals surface area contributed by atoms with Crippen LogP contribution in [-0.2, 0) is 0 Å². The fourth-order valence-corrected chi connectivity index (χ4v) is 2.89. The van der Waals surface area contributed by atoms with E-state index in [4.69, 9.17) is 18.9 Å². The predicted octanol–water partition coefficient (Wildman–Crippen LogP) is 4.83. The fourth-order valence-electron chi connectivity index (χ4n) is 2.89. The van der Waals surface area contributed by atoms with E-state index < -0.39 is 5.97 Å². The molecule has 0 aromatic heterocycles. The average molecular weight is 418 g/mol. The van der Waals surface area contributed by atoms with E-state index in [-0.39, 0.29) is 5.78 Å². The van der Waals surface area contributed by atoms with Crippen molar-refractivity contribution in [2.75, 3.05) is 21.3 Å². The van der Waals surface area contributed by atoms with Crippen molar-refractivity contribution in [3.05, 3.63) is 89.5 Å². The van der Waals surface area contributed by atoms with Gasteiger partial charge in [0, 0.05) is 5.56 Å². The molecule has 0 radical (unpaired) electrons. The van der Waals surface area contributed by atoms with Crippen LogP contribution < -0.4 is 18.9 Å². The quantitative estimate of drug-likeness (QED) is 0.226. The zero-order chi connectivity index (χ0) is 22.2. The second kappa shape index (κ2) is 10.1. The predicted molar refractivity (Wildman–Crippen MR) is 117 cm³/mol. The van der Waals surface area contributed by atoms with Crippen molar-refractivity contribution in [3.63, 3.8) is 0 Å². The summed E-state index contributed by atoms with van der Waals surface area (Å²) in [6.07, 6.45) is 3.11. The molecule has 0 spiro atoms. The highest BCUT2D eigenvalue weighted by molar-refractivity contribution is 6.07. The van der Waals surface area contributed by atoms with Crippen molar-refractivity contribution in [2.45, 2.75) is 0 Å². The maximum Gasteiger partial charge on any atom is 0.343 e. The molecule has 0 heterocycles. The highest BCUT2D eigenvalue weighted by Crippen LogP contribution is 2.38. The van der Waals surface area contributed by atoms with Crippen molar-refractivity contribution < 1.29 is 28.5 Å². The van der Waals surface area contributed by atoms with E-state index in [1.165, 1.54) is 27.4 Å². The van der Waals surface area contributed by atoms with Gasteiger partial charge in [0.25, 0.3) is 0 Å². The fraction of sp³-hybridized carbons (Fsp3) is 0.120. The molecule has 158 valence electrons. The number of allylic oxidation sites excluding steroid dienone is 1. The zero-order valence-corrected chi connectivity index (χ0v) is 17.5. The average Bonchev–Trinajstić information content (AvgIpc) is 2.82. The smallest absolute Gasteiger partial charge is 0.343 e. The molecule has 0 bridgehead atoms. The molecule has 0 atom stereocenters. The first-order valence-electron chi connectivity index (χ1n) is 9.45. The molecule has 0 aliphatic carbocycles. The molecule has 3 aromatic rings. The van der Waals surface area contributed by atoms with Gasteiger partial charge in [0.15, 0.2) is 17.3 Å². The molecule has 0 aliphatic heterocycles. The summed E-state index contributed by atoms with van der Waals surface area (Å²) in [5.41, 5.74) is 1.63. The van der Waals surface area contributed by atoms with Crippen LogP contribution in [0.15, 0.2) is 72.8 Å². The minimum Gasteiger partial charge on any atom is -0.493 e. The lowest BCUT2D eigenvalue weighted by atomic mass is 10.1. The van der Waals surface area contributed by atoms with Crippen LogP contribution in [0.25, 0.3) is 6.08 Å². The number of rotatable bonds is 8. The number of carbonyl (C=O) groups is 2. The summed E-state index contributed by atoms with van der Waals surface area (Å²) in [6.45, 7) is 0. The van der Waals surface area contributed by atoms with Crippen molar-refractivity contribution >= 4 is 17.8 Å². The van der Waals surface area contributed by atoms with Gasteiger partial charge in [-0.3, -0.25) is 4.79 Å². The standard InChI is InChI=1S/C25H22O6/c1-28-22-15-17(16-23(29-2)24(22)30-3)9-14-21(26)18-10-12-20(13-11-18)31-25(27)19-7-5-4-6-8-19/h4-16H,1-3H3. The van der Waals surface area contributed by atoms with Crippen LogP contribution in [0.4, 0.5) is 0 Å². The summed E-state index contributed by atoms with van der Waals surface area (Å²) in [5.74, 6) is 1.18. The van der Waals surface area contributed by atoms with E-state index in [0.29, 0.717) is 34.1 Å². The number of carbonyl (C=O) groups excluding carboxylic acids is 2. The molecular weight excluding hydrogens is 396 g/mol. The van der Waals surface area contributed by atoms with Crippen LogP contribution in [0.5, 0.6) is 23.0 Å². The molecule has 0 N–H and O–H groups in total. The third-order valence-electron chi connectivity index (χ3n) is 4.47. The first-order valence-corrected chi connectivity index (χ1v) is 9.45. The zero-order valence-electron chi connectivity index (χ0n) is 17.5. The number of methoxy groups -OCH3 is 3. The Balaban J connectivity index is 1.71. The SMILES string of the molecule is COc1cc(C=CC(=O)c2ccc(OC(=O)c3ccccc3)cc2)cc(OC)c1OC. The van der Waals surface area contributed by atoms with Crippen LogP contribution in [0.2, 0.25) is 0 Å². The van der Waals surface area contributed by atoms with Crippen LogP contribution in [0.1, 0.15) is 26.3 Å². The molecule has 0 saturated heterocycles. The summed E-state index contributed by atoms with van der Waals surface area (Å²) in [7, 11) is 4.59. The first kappa shape index (κ1) is 21.6. The Labute approximate surface area is 180 Å². The van der Waals surface area contributed by atoms with E-state index in [1.54, 1.807) is 66.7 Å². The van der Waals surface area contributed by atoms with Crippen LogP contribution in [0.3, 0.4) is 0 Å². The summed E-state index contributed by atoms with van der Waals surface area (Å²) in [6, 6.07) is 18.6. The lowest BCUT2D eigenvalue weighted by molar-refractivity contribution is 0.0734. The van der Waals surface area contributed by atoms with Crippen molar-refractivity contribution in [1.82, 2.24) is 0 Å². The molecule has 0 amide bonds. The van der Waals surface area contributed by atoms with E-state index >= 15 is 0 Å². The van der Waals surface area contributed by atoms with E-state index in [9.17, 15) is 9.59 Å². The van der Waals surface area contributed by atoms with Crippen LogP contribution in [0, 0.1) is 0 Å². The highest BCUT2D eigenvalue weighted by atomic mass is 16.5. The highest BCUT2D eigenvalue weighted by Gasteiger charge is 2.13. The van der Waals surface area contributed by atoms with Gasteiger partial charge >= 0.3 is 5.97 Å². The Morgan fingerprint density at radius 2 is 1.35 bits per heavy atom. The topological polar surface area (TPSA) is 71.1 Å². The van der Waals surface area contributed by atoms with Gasteiger partial charge in [-0.1, -0.05) is 24.3 Å². The van der Waals surface area contributed by atoms with Gasteiger partial charge in [-0.2, -0.15) is 0 Å². The van der Waals surface area contributed by atoms with Crippen molar-refractivity contribution in [2.24, 2.45) is 0 Å². The summed E-state index contributed by atoms with van der Waals surface area (Å²) in [4.78, 5) is 24.6. The van der Waals surface area contributed by atoms with Crippen LogP contribution >= 0.6 is 0 Å². The van der Waals surface area contributed by atoms with Crippen LogP contribution in [-0.4, -0.2) is 33.1 Å². The first-order chi connectivity index (χ1) is 15.0. The van der Waals surface area contributed by atoms with E-state index in [2.05, 4.69) is 0 Å². The summed E-state index contributed by atoms with van der Waals surface area (Å²) in [5, 5.41) is 0.